The first-order valence-corrected chi connectivity index (χ1v) is 6.36. The molecule has 0 saturated heterocycles. The zero-order chi connectivity index (χ0) is 13.3. The van der Waals surface area contributed by atoms with Crippen molar-refractivity contribution in [2.45, 2.75) is 32.2 Å². The largest absolute Gasteiger partial charge is 0.409 e. The number of nitrogens with one attached hydrogen (secondary N) is 1. The van der Waals surface area contributed by atoms with Gasteiger partial charge in [-0.1, -0.05) is 0 Å². The van der Waals surface area contributed by atoms with Crippen molar-refractivity contribution in [3.63, 3.8) is 0 Å². The van der Waals surface area contributed by atoms with E-state index in [9.17, 15) is 9.18 Å². The van der Waals surface area contributed by atoms with Gasteiger partial charge in [0, 0.05) is 5.54 Å². The molecular formula is C12H15FN2O2S. The number of hydrogen-bond donors (Lipinski definition) is 2. The fourth-order valence-electron chi connectivity index (χ4n) is 1.39. The number of carbonyl (C=O) groups excluding carboxylic acids is 1. The summed E-state index contributed by atoms with van der Waals surface area (Å²) < 4.78 is 22.0. The fourth-order valence-corrected chi connectivity index (χ4v) is 2.10. The van der Waals surface area contributed by atoms with Crippen LogP contribution in [0.25, 0.3) is 0 Å². The van der Waals surface area contributed by atoms with Crippen LogP contribution in [0.2, 0.25) is 0 Å². The molecule has 0 unspecified atom stereocenters. The molecule has 1 aliphatic rings. The molecule has 1 fully saturated rings. The van der Waals surface area contributed by atoms with Crippen molar-refractivity contribution in [1.82, 2.24) is 4.72 Å². The number of aryl methyl sites for hydroxylation is 1. The average Bonchev–Trinajstić information content (AvgIpc) is 2.99. The van der Waals surface area contributed by atoms with E-state index < -0.39 is 11.7 Å². The highest BCUT2D eigenvalue weighted by atomic mass is 32.2. The quantitative estimate of drug-likeness (QED) is 0.636. The predicted octanol–water partition coefficient (Wildman–Crippen LogP) is 2.32. The zero-order valence-corrected chi connectivity index (χ0v) is 11.1. The van der Waals surface area contributed by atoms with E-state index in [1.807, 2.05) is 0 Å². The molecule has 0 bridgehead atoms. The summed E-state index contributed by atoms with van der Waals surface area (Å²) >= 11 is 1.09. The first-order valence-electron chi connectivity index (χ1n) is 5.62. The van der Waals surface area contributed by atoms with E-state index in [2.05, 4.69) is 11.6 Å². The number of benzene rings is 1. The summed E-state index contributed by atoms with van der Waals surface area (Å²) in [4.78, 5) is 11.0. The highest BCUT2D eigenvalue weighted by Gasteiger charge is 2.37. The second-order valence-electron chi connectivity index (χ2n) is 4.79. The molecule has 4 nitrogen and oxygen atoms in total. The minimum absolute atomic E-state index is 0.130. The minimum Gasteiger partial charge on any atom is -0.409 e. The number of amides is 1. The molecule has 0 atom stereocenters. The van der Waals surface area contributed by atoms with Gasteiger partial charge in [-0.3, -0.25) is 4.79 Å². The summed E-state index contributed by atoms with van der Waals surface area (Å²) in [6, 6.07) is 2.58. The second kappa shape index (κ2) is 4.78. The first kappa shape index (κ1) is 13.2. The lowest BCUT2D eigenvalue weighted by atomic mass is 10.1. The molecule has 18 heavy (non-hydrogen) atoms. The van der Waals surface area contributed by atoms with Gasteiger partial charge >= 0.3 is 0 Å². The Bertz CT molecular complexity index is 489. The molecule has 1 aromatic rings. The Morgan fingerprint density at radius 1 is 1.56 bits per heavy atom. The van der Waals surface area contributed by atoms with Crippen molar-refractivity contribution in [2.75, 3.05) is 0 Å². The smallest absolute Gasteiger partial charge is 0.251 e. The van der Waals surface area contributed by atoms with Gasteiger partial charge in [-0.15, -0.1) is 0 Å². The normalized spacial score (nSPS) is 16.4. The minimum atomic E-state index is -0.801. The molecule has 1 saturated carbocycles. The van der Waals surface area contributed by atoms with E-state index in [1.165, 1.54) is 12.1 Å². The maximum Gasteiger partial charge on any atom is 0.251 e. The van der Waals surface area contributed by atoms with Gasteiger partial charge in [0.25, 0.3) is 5.91 Å². The van der Waals surface area contributed by atoms with Gasteiger partial charge in [-0.2, -0.15) is 0 Å². The summed E-state index contributed by atoms with van der Waals surface area (Å²) in [5.41, 5.74) is 5.67. The second-order valence-corrected chi connectivity index (χ2v) is 5.33. The van der Waals surface area contributed by atoms with E-state index in [1.54, 1.807) is 6.92 Å². The van der Waals surface area contributed by atoms with Gasteiger partial charge in [0.05, 0.1) is 5.56 Å². The van der Waals surface area contributed by atoms with Crippen molar-refractivity contribution in [1.29, 1.82) is 0 Å². The summed E-state index contributed by atoms with van der Waals surface area (Å²) in [6.07, 6.45) is 2.22. The third-order valence-electron chi connectivity index (χ3n) is 2.95. The third-order valence-corrected chi connectivity index (χ3v) is 3.79. The lowest BCUT2D eigenvalue weighted by Gasteiger charge is -2.12. The van der Waals surface area contributed by atoms with Crippen LogP contribution in [-0.4, -0.2) is 11.4 Å². The Hall–Kier alpha value is -1.27. The molecule has 0 spiro atoms. The van der Waals surface area contributed by atoms with Crippen LogP contribution in [0.1, 0.15) is 35.7 Å². The molecule has 1 amide bonds. The summed E-state index contributed by atoms with van der Waals surface area (Å²) in [5.74, 6) is -0.990. The molecule has 0 aromatic heterocycles. The van der Waals surface area contributed by atoms with Gasteiger partial charge in [-0.25, -0.2) is 9.11 Å². The molecule has 0 radical (unpaired) electrons. The van der Waals surface area contributed by atoms with E-state index in [0.29, 0.717) is 11.3 Å². The van der Waals surface area contributed by atoms with E-state index >= 15 is 0 Å². The topological polar surface area (TPSA) is 64.4 Å². The number of primary amides is 1. The van der Waals surface area contributed by atoms with Crippen LogP contribution in [0.3, 0.4) is 0 Å². The third kappa shape index (κ3) is 2.94. The highest BCUT2D eigenvalue weighted by molar-refractivity contribution is 7.93. The van der Waals surface area contributed by atoms with Gasteiger partial charge in [0.15, 0.2) is 0 Å². The molecule has 3 N–H and O–H groups in total. The van der Waals surface area contributed by atoms with Crippen molar-refractivity contribution >= 4 is 18.1 Å². The number of carbonyl (C=O) groups is 1. The van der Waals surface area contributed by atoms with Crippen LogP contribution in [0, 0.1) is 12.7 Å². The van der Waals surface area contributed by atoms with E-state index in [4.69, 9.17) is 9.92 Å². The monoisotopic (exact) mass is 270 g/mol. The SMILES string of the molecule is Cc1cc(F)c(C(N)=O)cc1OSNC1(C)CC1. The van der Waals surface area contributed by atoms with Crippen molar-refractivity contribution in [2.24, 2.45) is 5.73 Å². The van der Waals surface area contributed by atoms with Crippen molar-refractivity contribution in [3.8, 4) is 5.75 Å². The average molecular weight is 270 g/mol. The number of halogens is 1. The summed E-state index contributed by atoms with van der Waals surface area (Å²) in [6.45, 7) is 3.80. The standard InChI is InChI=1S/C12H15FN2O2S/c1-7-5-9(13)8(11(14)16)6-10(7)17-18-15-12(2)3-4-12/h5-6,15H,3-4H2,1-2H3,(H2,14,16). The molecular weight excluding hydrogens is 255 g/mol. The van der Waals surface area contributed by atoms with Crippen molar-refractivity contribution < 1.29 is 13.4 Å². The van der Waals surface area contributed by atoms with Crippen LogP contribution in [-0.2, 0) is 0 Å². The maximum absolute atomic E-state index is 13.4. The van der Waals surface area contributed by atoms with Crippen LogP contribution < -0.4 is 14.6 Å². The first-order chi connectivity index (χ1) is 8.41. The van der Waals surface area contributed by atoms with E-state index in [-0.39, 0.29) is 11.1 Å². The number of hydrogen-bond acceptors (Lipinski definition) is 4. The lowest BCUT2D eigenvalue weighted by molar-refractivity contribution is 0.0996. The highest BCUT2D eigenvalue weighted by Crippen LogP contribution is 2.36. The zero-order valence-electron chi connectivity index (χ0n) is 10.2. The molecule has 2 rings (SSSR count). The van der Waals surface area contributed by atoms with Crippen LogP contribution in [0.4, 0.5) is 4.39 Å². The lowest BCUT2D eigenvalue weighted by Crippen LogP contribution is -2.21. The Morgan fingerprint density at radius 3 is 2.78 bits per heavy atom. The van der Waals surface area contributed by atoms with Crippen LogP contribution in [0.5, 0.6) is 5.75 Å². The summed E-state index contributed by atoms with van der Waals surface area (Å²) in [5, 5.41) is 0. The number of nitrogens with two attached hydrogens (primary N) is 1. The van der Waals surface area contributed by atoms with Gasteiger partial charge in [0.1, 0.15) is 23.8 Å². The fraction of sp³-hybridized carbons (Fsp3) is 0.417. The molecule has 1 aromatic carbocycles. The molecule has 1 aliphatic carbocycles. The molecule has 6 heteroatoms. The Kier molecular flexibility index (Phi) is 3.49. The molecule has 0 heterocycles. The maximum atomic E-state index is 13.4. The van der Waals surface area contributed by atoms with Gasteiger partial charge < -0.3 is 9.92 Å². The number of rotatable bonds is 5. The molecule has 98 valence electrons. The summed E-state index contributed by atoms with van der Waals surface area (Å²) in [7, 11) is 0. The van der Waals surface area contributed by atoms with E-state index in [0.717, 1.165) is 25.1 Å². The Balaban J connectivity index is 2.06. The molecule has 0 aliphatic heterocycles. The van der Waals surface area contributed by atoms with Crippen molar-refractivity contribution in [3.05, 3.63) is 29.1 Å². The van der Waals surface area contributed by atoms with Gasteiger partial charge in [-0.05, 0) is 44.4 Å². The van der Waals surface area contributed by atoms with Crippen LogP contribution in [0.15, 0.2) is 12.1 Å². The predicted molar refractivity (Wildman–Crippen MR) is 68.6 cm³/mol. The Morgan fingerprint density at radius 2 is 2.22 bits per heavy atom. The van der Waals surface area contributed by atoms with Crippen LogP contribution >= 0.6 is 12.2 Å². The Labute approximate surface area is 109 Å². The van der Waals surface area contributed by atoms with Gasteiger partial charge in [0.2, 0.25) is 0 Å².